The lowest BCUT2D eigenvalue weighted by molar-refractivity contribution is 1.30. The van der Waals surface area contributed by atoms with Gasteiger partial charge < -0.3 is 0 Å². The Morgan fingerprint density at radius 2 is 1.35 bits per heavy atom. The van der Waals surface area contributed by atoms with Crippen LogP contribution in [0.4, 0.5) is 0 Å². The van der Waals surface area contributed by atoms with E-state index in [2.05, 4.69) is 65.7 Å². The van der Waals surface area contributed by atoms with E-state index in [0.717, 1.165) is 5.69 Å². The summed E-state index contributed by atoms with van der Waals surface area (Å²) in [4.78, 5) is 4.58. The molecule has 0 bridgehead atoms. The van der Waals surface area contributed by atoms with Crippen LogP contribution in [-0.4, -0.2) is 4.98 Å². The van der Waals surface area contributed by atoms with Gasteiger partial charge in [-0.15, -0.1) is 0 Å². The Labute approximate surface area is 118 Å². The van der Waals surface area contributed by atoms with Crippen molar-refractivity contribution in [3.05, 3.63) is 89.7 Å². The quantitative estimate of drug-likeness (QED) is 0.482. The summed E-state index contributed by atoms with van der Waals surface area (Å²) < 4.78 is 0. The highest BCUT2D eigenvalue weighted by Gasteiger charge is 2.23. The Bertz CT molecular complexity index is 753. The van der Waals surface area contributed by atoms with Crippen molar-refractivity contribution in [2.75, 3.05) is 0 Å². The number of benzene rings is 2. The van der Waals surface area contributed by atoms with Crippen LogP contribution in [0.1, 0.15) is 16.8 Å². The van der Waals surface area contributed by atoms with Gasteiger partial charge in [0.2, 0.25) is 0 Å². The average Bonchev–Trinajstić information content (AvgIpc) is 2.84. The summed E-state index contributed by atoms with van der Waals surface area (Å²) in [5.74, 6) is 0. The van der Waals surface area contributed by atoms with Crippen LogP contribution >= 0.6 is 0 Å². The largest absolute Gasteiger partial charge is 0.256 e. The molecule has 1 aliphatic carbocycles. The molecule has 1 heterocycles. The Morgan fingerprint density at radius 1 is 0.650 bits per heavy atom. The lowest BCUT2D eigenvalue weighted by Gasteiger charge is -2.02. The van der Waals surface area contributed by atoms with Crippen LogP contribution in [0.5, 0.6) is 0 Å². The van der Waals surface area contributed by atoms with Crippen molar-refractivity contribution in [1.82, 2.24) is 4.98 Å². The van der Waals surface area contributed by atoms with Gasteiger partial charge in [-0.25, -0.2) is 0 Å². The summed E-state index contributed by atoms with van der Waals surface area (Å²) in [7, 11) is 0. The zero-order chi connectivity index (χ0) is 13.4. The fourth-order valence-corrected chi connectivity index (χ4v) is 2.78. The zero-order valence-electron chi connectivity index (χ0n) is 11.0. The van der Waals surface area contributed by atoms with Crippen LogP contribution in [0.25, 0.3) is 22.8 Å². The van der Waals surface area contributed by atoms with Crippen LogP contribution in [0.15, 0.2) is 72.9 Å². The van der Waals surface area contributed by atoms with E-state index in [4.69, 9.17) is 0 Å². The van der Waals surface area contributed by atoms with Crippen molar-refractivity contribution >= 4 is 11.6 Å². The highest BCUT2D eigenvalue weighted by molar-refractivity contribution is 6.05. The minimum Gasteiger partial charge on any atom is -0.256 e. The molecule has 0 amide bonds. The third-order valence-electron chi connectivity index (χ3n) is 3.68. The fourth-order valence-electron chi connectivity index (χ4n) is 2.78. The molecule has 0 atom stereocenters. The summed E-state index contributed by atoms with van der Waals surface area (Å²) in [5.41, 5.74) is 7.27. The number of fused-ring (bicyclic) bond motifs is 3. The first kappa shape index (κ1) is 11.2. The Kier molecular flexibility index (Phi) is 2.49. The van der Waals surface area contributed by atoms with Crippen molar-refractivity contribution in [3.8, 4) is 11.1 Å². The minimum absolute atomic E-state index is 1.08. The van der Waals surface area contributed by atoms with Crippen molar-refractivity contribution in [2.45, 2.75) is 0 Å². The first-order valence-corrected chi connectivity index (χ1v) is 6.75. The molecular weight excluding hydrogens is 242 g/mol. The number of hydrogen-bond acceptors (Lipinski definition) is 1. The van der Waals surface area contributed by atoms with E-state index < -0.39 is 0 Å². The summed E-state index contributed by atoms with van der Waals surface area (Å²) in [6.45, 7) is 0. The van der Waals surface area contributed by atoms with Gasteiger partial charge in [0.05, 0.1) is 5.69 Å². The first-order chi connectivity index (χ1) is 9.93. The predicted octanol–water partition coefficient (Wildman–Crippen LogP) is 4.65. The molecule has 0 aliphatic heterocycles. The summed E-state index contributed by atoms with van der Waals surface area (Å²) in [6, 6.07) is 23.1. The SMILES string of the molecule is C(=C1/c2ccccc2-c2cccnc21)/c1ccccc1. The molecular formula is C19H13N. The molecule has 1 aromatic heterocycles. The molecule has 0 fully saturated rings. The lowest BCUT2D eigenvalue weighted by atomic mass is 10.0. The normalized spacial score (nSPS) is 14.1. The van der Waals surface area contributed by atoms with Crippen LogP contribution in [-0.2, 0) is 0 Å². The molecule has 0 radical (unpaired) electrons. The van der Waals surface area contributed by atoms with Gasteiger partial charge in [-0.1, -0.05) is 60.7 Å². The number of nitrogens with zero attached hydrogens (tertiary/aromatic N) is 1. The topological polar surface area (TPSA) is 12.9 Å². The maximum absolute atomic E-state index is 4.58. The molecule has 0 saturated carbocycles. The van der Waals surface area contributed by atoms with E-state index in [9.17, 15) is 0 Å². The number of rotatable bonds is 1. The predicted molar refractivity (Wildman–Crippen MR) is 83.1 cm³/mol. The average molecular weight is 255 g/mol. The van der Waals surface area contributed by atoms with E-state index in [0.29, 0.717) is 0 Å². The summed E-state index contributed by atoms with van der Waals surface area (Å²) in [6.07, 6.45) is 4.08. The van der Waals surface area contributed by atoms with Gasteiger partial charge in [0.25, 0.3) is 0 Å². The maximum atomic E-state index is 4.58. The van der Waals surface area contributed by atoms with Gasteiger partial charge in [0, 0.05) is 17.3 Å². The molecule has 20 heavy (non-hydrogen) atoms. The van der Waals surface area contributed by atoms with Crippen LogP contribution in [0, 0.1) is 0 Å². The minimum atomic E-state index is 1.08. The smallest absolute Gasteiger partial charge is 0.0786 e. The zero-order valence-corrected chi connectivity index (χ0v) is 11.0. The maximum Gasteiger partial charge on any atom is 0.0786 e. The highest BCUT2D eigenvalue weighted by Crippen LogP contribution is 2.43. The van der Waals surface area contributed by atoms with Gasteiger partial charge in [-0.3, -0.25) is 4.98 Å². The fraction of sp³-hybridized carbons (Fsp3) is 0. The molecule has 1 aliphatic rings. The Balaban J connectivity index is 1.99. The highest BCUT2D eigenvalue weighted by atomic mass is 14.7. The van der Waals surface area contributed by atoms with E-state index in [1.54, 1.807) is 0 Å². The second-order valence-corrected chi connectivity index (χ2v) is 4.91. The monoisotopic (exact) mass is 255 g/mol. The molecule has 0 unspecified atom stereocenters. The third kappa shape index (κ3) is 1.68. The standard InChI is InChI=1S/C19H13N/c1-2-7-14(8-3-1)13-18-16-10-5-4-9-15(16)17-11-6-12-20-19(17)18/h1-13H/b18-13+. The molecule has 3 aromatic rings. The summed E-state index contributed by atoms with van der Waals surface area (Å²) in [5, 5.41) is 0. The van der Waals surface area contributed by atoms with Crippen molar-refractivity contribution in [3.63, 3.8) is 0 Å². The molecule has 0 saturated heterocycles. The molecule has 0 spiro atoms. The molecule has 94 valence electrons. The Hall–Kier alpha value is -2.67. The summed E-state index contributed by atoms with van der Waals surface area (Å²) >= 11 is 0. The third-order valence-corrected chi connectivity index (χ3v) is 3.68. The molecule has 4 rings (SSSR count). The van der Waals surface area contributed by atoms with E-state index in [-0.39, 0.29) is 0 Å². The first-order valence-electron chi connectivity index (χ1n) is 6.75. The van der Waals surface area contributed by atoms with Crippen molar-refractivity contribution in [2.24, 2.45) is 0 Å². The number of aromatic nitrogens is 1. The molecule has 1 heteroatoms. The van der Waals surface area contributed by atoms with Gasteiger partial charge in [0.15, 0.2) is 0 Å². The number of hydrogen-bond donors (Lipinski definition) is 0. The van der Waals surface area contributed by atoms with Gasteiger partial charge in [-0.05, 0) is 28.8 Å². The van der Waals surface area contributed by atoms with Gasteiger partial charge >= 0.3 is 0 Å². The second kappa shape index (κ2) is 4.46. The molecule has 2 aromatic carbocycles. The number of pyridine rings is 1. The molecule has 0 N–H and O–H groups in total. The van der Waals surface area contributed by atoms with E-state index in [1.165, 1.54) is 27.8 Å². The van der Waals surface area contributed by atoms with E-state index >= 15 is 0 Å². The van der Waals surface area contributed by atoms with Crippen LogP contribution < -0.4 is 0 Å². The van der Waals surface area contributed by atoms with Crippen molar-refractivity contribution < 1.29 is 0 Å². The van der Waals surface area contributed by atoms with Gasteiger partial charge in [-0.2, -0.15) is 0 Å². The van der Waals surface area contributed by atoms with Crippen molar-refractivity contribution in [1.29, 1.82) is 0 Å². The lowest BCUT2D eigenvalue weighted by Crippen LogP contribution is -1.85. The van der Waals surface area contributed by atoms with Crippen LogP contribution in [0.2, 0.25) is 0 Å². The Morgan fingerprint density at radius 3 is 2.20 bits per heavy atom. The second-order valence-electron chi connectivity index (χ2n) is 4.91. The van der Waals surface area contributed by atoms with Crippen LogP contribution in [0.3, 0.4) is 0 Å². The molecule has 1 nitrogen and oxygen atoms in total. The van der Waals surface area contributed by atoms with Gasteiger partial charge in [0.1, 0.15) is 0 Å². The van der Waals surface area contributed by atoms with E-state index in [1.807, 2.05) is 18.3 Å².